The quantitative estimate of drug-likeness (QED) is 0.917. The predicted molar refractivity (Wildman–Crippen MR) is 87.1 cm³/mol. The van der Waals surface area contributed by atoms with Gasteiger partial charge in [-0.25, -0.2) is 0 Å². The van der Waals surface area contributed by atoms with Crippen LogP contribution in [-0.4, -0.2) is 17.0 Å². The monoisotopic (exact) mass is 283 g/mol. The van der Waals surface area contributed by atoms with E-state index in [1.165, 1.54) is 37.7 Å². The fourth-order valence-corrected chi connectivity index (χ4v) is 4.05. The second-order valence-electron chi connectivity index (χ2n) is 6.15. The number of nitrogens with one attached hydrogen (secondary N) is 1. The molecule has 3 nitrogen and oxygen atoms in total. The van der Waals surface area contributed by atoms with Crippen LogP contribution in [0.25, 0.3) is 11.0 Å². The van der Waals surface area contributed by atoms with Gasteiger partial charge >= 0.3 is 0 Å². The van der Waals surface area contributed by atoms with E-state index in [0.29, 0.717) is 12.0 Å². The summed E-state index contributed by atoms with van der Waals surface area (Å²) in [5.41, 5.74) is 3.37. The van der Waals surface area contributed by atoms with Crippen LogP contribution in [0.2, 0.25) is 0 Å². The lowest BCUT2D eigenvalue weighted by molar-refractivity contribution is 0.181. The minimum absolute atomic E-state index is 0.385. The summed E-state index contributed by atoms with van der Waals surface area (Å²) >= 11 is 0. The molecule has 3 heteroatoms. The molecule has 0 amide bonds. The van der Waals surface area contributed by atoms with E-state index in [1.807, 2.05) is 0 Å². The summed E-state index contributed by atoms with van der Waals surface area (Å²) in [5, 5.41) is 3.58. The molecule has 0 spiro atoms. The molecular weight excluding hydrogens is 258 g/mol. The van der Waals surface area contributed by atoms with Gasteiger partial charge in [0.05, 0.1) is 11.0 Å². The van der Waals surface area contributed by atoms with Crippen molar-refractivity contribution in [3.05, 3.63) is 36.2 Å². The highest BCUT2D eigenvalue weighted by atomic mass is 14.9. The van der Waals surface area contributed by atoms with E-state index in [0.717, 1.165) is 17.0 Å². The van der Waals surface area contributed by atoms with Gasteiger partial charge in [0.15, 0.2) is 0 Å². The third kappa shape index (κ3) is 2.80. The first-order valence-corrected chi connectivity index (χ1v) is 8.22. The van der Waals surface area contributed by atoms with Crippen molar-refractivity contribution < 1.29 is 0 Å². The van der Waals surface area contributed by atoms with Gasteiger partial charge in [0.1, 0.15) is 0 Å². The van der Waals surface area contributed by atoms with E-state index in [4.69, 9.17) is 0 Å². The Hall–Kier alpha value is -1.48. The Morgan fingerprint density at radius 2 is 2.00 bits per heavy atom. The summed E-state index contributed by atoms with van der Waals surface area (Å²) in [6.45, 7) is 2.33. The smallest absolute Gasteiger partial charge is 0.0934 e. The average molecular weight is 283 g/mol. The fourth-order valence-electron chi connectivity index (χ4n) is 4.05. The molecule has 112 valence electrons. The zero-order valence-corrected chi connectivity index (χ0v) is 13.0. The van der Waals surface area contributed by atoms with Crippen LogP contribution >= 0.6 is 0 Å². The fraction of sp³-hybridized carbons (Fsp3) is 0.556. The van der Waals surface area contributed by atoms with Crippen LogP contribution in [0.15, 0.2) is 30.6 Å². The Balaban J connectivity index is 2.01. The van der Waals surface area contributed by atoms with Crippen LogP contribution < -0.4 is 5.32 Å². The Labute approximate surface area is 127 Å². The van der Waals surface area contributed by atoms with E-state index in [9.17, 15) is 0 Å². The number of benzene rings is 1. The van der Waals surface area contributed by atoms with Crippen LogP contribution in [0.1, 0.15) is 50.6 Å². The number of para-hydroxylation sites is 1. The first kappa shape index (κ1) is 14.5. The van der Waals surface area contributed by atoms with Crippen LogP contribution in [0.5, 0.6) is 0 Å². The number of hydrogen-bond acceptors (Lipinski definition) is 3. The summed E-state index contributed by atoms with van der Waals surface area (Å²) < 4.78 is 0. The number of hydrogen-bond donors (Lipinski definition) is 1. The number of nitrogens with zero attached hydrogens (tertiary/aromatic N) is 2. The van der Waals surface area contributed by atoms with Gasteiger partial charge < -0.3 is 5.32 Å². The van der Waals surface area contributed by atoms with Gasteiger partial charge in [-0.05, 0) is 36.9 Å². The molecule has 0 radical (unpaired) electrons. The Bertz CT molecular complexity index is 591. The Kier molecular flexibility index (Phi) is 4.49. The summed E-state index contributed by atoms with van der Waals surface area (Å²) in [4.78, 5) is 9.05. The molecule has 1 saturated carbocycles. The van der Waals surface area contributed by atoms with Gasteiger partial charge in [-0.15, -0.1) is 0 Å². The van der Waals surface area contributed by atoms with Gasteiger partial charge in [-0.1, -0.05) is 44.7 Å². The highest BCUT2D eigenvalue weighted by molar-refractivity contribution is 5.78. The topological polar surface area (TPSA) is 37.8 Å². The molecule has 1 aromatic heterocycles. The maximum atomic E-state index is 4.59. The molecule has 3 rings (SSSR count). The molecule has 1 heterocycles. The maximum absolute atomic E-state index is 4.59. The number of aromatic nitrogens is 2. The zero-order chi connectivity index (χ0) is 14.7. The summed E-state index contributed by atoms with van der Waals surface area (Å²) in [6.07, 6.45) is 10.3. The van der Waals surface area contributed by atoms with E-state index >= 15 is 0 Å². The van der Waals surface area contributed by atoms with Gasteiger partial charge in [-0.3, -0.25) is 9.97 Å². The zero-order valence-electron chi connectivity index (χ0n) is 13.0. The van der Waals surface area contributed by atoms with Crippen molar-refractivity contribution in [2.75, 3.05) is 7.05 Å². The normalized spacial score (nSPS) is 24.1. The van der Waals surface area contributed by atoms with Crippen molar-refractivity contribution >= 4 is 11.0 Å². The molecule has 1 aliphatic rings. The van der Waals surface area contributed by atoms with Crippen LogP contribution in [-0.2, 0) is 0 Å². The van der Waals surface area contributed by atoms with Gasteiger partial charge in [-0.2, -0.15) is 0 Å². The summed E-state index contributed by atoms with van der Waals surface area (Å²) in [7, 11) is 2.08. The maximum Gasteiger partial charge on any atom is 0.0934 e. The number of rotatable bonds is 4. The SMILES string of the molecule is CCC1CCCCC1C(NC)c1cccc2nccnc12. The van der Waals surface area contributed by atoms with Gasteiger partial charge in [0, 0.05) is 18.4 Å². The minimum atomic E-state index is 0.385. The Morgan fingerprint density at radius 3 is 2.81 bits per heavy atom. The molecule has 1 fully saturated rings. The molecule has 1 aromatic carbocycles. The standard InChI is InChI=1S/C18H25N3/c1-3-13-7-4-5-8-14(13)17(19-2)15-9-6-10-16-18(15)21-12-11-20-16/h6,9-14,17,19H,3-5,7-8H2,1-2H3. The average Bonchev–Trinajstić information content (AvgIpc) is 2.56. The van der Waals surface area contributed by atoms with Crippen molar-refractivity contribution in [3.8, 4) is 0 Å². The lowest BCUT2D eigenvalue weighted by Gasteiger charge is -2.37. The molecular formula is C18H25N3. The molecule has 1 N–H and O–H groups in total. The van der Waals surface area contributed by atoms with Crippen LogP contribution in [0.3, 0.4) is 0 Å². The molecule has 21 heavy (non-hydrogen) atoms. The molecule has 3 unspecified atom stereocenters. The largest absolute Gasteiger partial charge is 0.313 e. The molecule has 1 aliphatic carbocycles. The molecule has 2 aromatic rings. The molecule has 0 bridgehead atoms. The van der Waals surface area contributed by atoms with Gasteiger partial charge in [0.2, 0.25) is 0 Å². The third-order valence-corrected chi connectivity index (χ3v) is 5.10. The van der Waals surface area contributed by atoms with E-state index < -0.39 is 0 Å². The van der Waals surface area contributed by atoms with Crippen molar-refractivity contribution in [3.63, 3.8) is 0 Å². The second-order valence-corrected chi connectivity index (χ2v) is 6.15. The lowest BCUT2D eigenvalue weighted by Crippen LogP contribution is -2.32. The highest BCUT2D eigenvalue weighted by Gasteiger charge is 2.31. The summed E-state index contributed by atoms with van der Waals surface area (Å²) in [6, 6.07) is 6.77. The second kappa shape index (κ2) is 6.52. The lowest BCUT2D eigenvalue weighted by atomic mass is 9.72. The van der Waals surface area contributed by atoms with Crippen molar-refractivity contribution in [2.24, 2.45) is 11.8 Å². The molecule has 3 atom stereocenters. The van der Waals surface area contributed by atoms with Gasteiger partial charge in [0.25, 0.3) is 0 Å². The van der Waals surface area contributed by atoms with E-state index in [2.05, 4.69) is 47.5 Å². The predicted octanol–water partition coefficient (Wildman–Crippen LogP) is 4.11. The molecule has 0 saturated heterocycles. The first-order valence-electron chi connectivity index (χ1n) is 8.22. The summed E-state index contributed by atoms with van der Waals surface area (Å²) in [5.74, 6) is 1.53. The Morgan fingerprint density at radius 1 is 1.19 bits per heavy atom. The first-order chi connectivity index (χ1) is 10.3. The van der Waals surface area contributed by atoms with E-state index in [-0.39, 0.29) is 0 Å². The minimum Gasteiger partial charge on any atom is -0.313 e. The highest BCUT2D eigenvalue weighted by Crippen LogP contribution is 2.41. The van der Waals surface area contributed by atoms with Crippen molar-refractivity contribution in [1.82, 2.24) is 15.3 Å². The van der Waals surface area contributed by atoms with Crippen molar-refractivity contribution in [1.29, 1.82) is 0 Å². The van der Waals surface area contributed by atoms with Crippen LogP contribution in [0.4, 0.5) is 0 Å². The van der Waals surface area contributed by atoms with Crippen LogP contribution in [0, 0.1) is 11.8 Å². The number of fused-ring (bicyclic) bond motifs is 1. The molecule has 0 aliphatic heterocycles. The van der Waals surface area contributed by atoms with Crippen molar-refractivity contribution in [2.45, 2.75) is 45.1 Å². The third-order valence-electron chi connectivity index (χ3n) is 5.10. The van der Waals surface area contributed by atoms with E-state index in [1.54, 1.807) is 12.4 Å².